The van der Waals surface area contributed by atoms with E-state index in [-0.39, 0.29) is 5.75 Å². The SMILES string of the molecule is CCCCCCCCCCc1ccccc1OC(=O)CC(C(=O)Oc1ccccc1CCCCCCCCCC)S(=O)(=O)O. The molecule has 0 aliphatic heterocycles. The van der Waals surface area contributed by atoms with E-state index >= 15 is 0 Å². The van der Waals surface area contributed by atoms with Crippen LogP contribution < -0.4 is 9.47 Å². The minimum absolute atomic E-state index is 0.234. The van der Waals surface area contributed by atoms with Crippen molar-refractivity contribution in [2.75, 3.05) is 0 Å². The predicted octanol–water partition coefficient (Wildman–Crippen LogP) is 9.21. The number of esters is 2. The lowest BCUT2D eigenvalue weighted by molar-refractivity contribution is -0.140. The van der Waals surface area contributed by atoms with Gasteiger partial charge in [-0.3, -0.25) is 14.1 Å². The van der Waals surface area contributed by atoms with Crippen molar-refractivity contribution in [3.05, 3.63) is 59.7 Å². The summed E-state index contributed by atoms with van der Waals surface area (Å²) in [6.07, 6.45) is 19.3. The van der Waals surface area contributed by atoms with Crippen molar-refractivity contribution in [2.45, 2.75) is 141 Å². The van der Waals surface area contributed by atoms with Crippen LogP contribution >= 0.6 is 0 Å². The number of para-hydroxylation sites is 2. The maximum Gasteiger partial charge on any atom is 0.332 e. The first-order valence-corrected chi connectivity index (χ1v) is 18.3. The average molecular weight is 631 g/mol. The first-order chi connectivity index (χ1) is 21.3. The standard InChI is InChI=1S/C36H54O7S/c1-3-5-7-9-11-13-15-17-23-30-25-19-21-27-32(30)42-35(37)29-34(44(39,40)41)36(38)43-33-28-22-20-26-31(33)24-18-16-14-12-10-8-6-4-2/h19-22,25-28,34H,3-18,23-24,29H2,1-2H3,(H,39,40,41). The second-order valence-corrected chi connectivity index (χ2v) is 13.4. The molecule has 0 aliphatic rings. The molecule has 0 bridgehead atoms. The highest BCUT2D eigenvalue weighted by atomic mass is 32.2. The van der Waals surface area contributed by atoms with Gasteiger partial charge in [0.15, 0.2) is 5.25 Å². The van der Waals surface area contributed by atoms with E-state index in [9.17, 15) is 22.6 Å². The normalized spacial score (nSPS) is 12.2. The van der Waals surface area contributed by atoms with Gasteiger partial charge in [-0.05, 0) is 48.9 Å². The summed E-state index contributed by atoms with van der Waals surface area (Å²) < 4.78 is 45.1. The Kier molecular flexibility index (Phi) is 18.7. The maximum absolute atomic E-state index is 13.0. The number of aryl methyl sites for hydroxylation is 2. The van der Waals surface area contributed by atoms with Gasteiger partial charge in [0.05, 0.1) is 6.42 Å². The summed E-state index contributed by atoms with van der Waals surface area (Å²) in [6.45, 7) is 4.41. The molecule has 0 amide bonds. The highest BCUT2D eigenvalue weighted by Gasteiger charge is 2.36. The summed E-state index contributed by atoms with van der Waals surface area (Å²) in [6, 6.07) is 14.1. The van der Waals surface area contributed by atoms with Crippen LogP contribution in [0.15, 0.2) is 48.5 Å². The summed E-state index contributed by atoms with van der Waals surface area (Å²) in [4.78, 5) is 25.8. The molecule has 0 aromatic heterocycles. The smallest absolute Gasteiger partial charge is 0.332 e. The van der Waals surface area contributed by atoms with Crippen molar-refractivity contribution in [1.82, 2.24) is 0 Å². The highest BCUT2D eigenvalue weighted by molar-refractivity contribution is 7.87. The Hall–Kier alpha value is -2.71. The van der Waals surface area contributed by atoms with E-state index in [1.807, 2.05) is 24.3 Å². The molecule has 2 rings (SSSR count). The Morgan fingerprint density at radius 1 is 0.614 bits per heavy atom. The Balaban J connectivity index is 1.92. The van der Waals surface area contributed by atoms with E-state index in [1.54, 1.807) is 24.3 Å². The summed E-state index contributed by atoms with van der Waals surface area (Å²) in [7, 11) is -4.93. The molecular formula is C36H54O7S. The number of hydrogen-bond acceptors (Lipinski definition) is 6. The van der Waals surface area contributed by atoms with Crippen LogP contribution in [0, 0.1) is 0 Å². The third kappa shape index (κ3) is 15.3. The van der Waals surface area contributed by atoms with Crippen LogP contribution in [-0.4, -0.2) is 30.2 Å². The summed E-state index contributed by atoms with van der Waals surface area (Å²) in [5.74, 6) is -1.57. The average Bonchev–Trinajstić information content (AvgIpc) is 2.99. The van der Waals surface area contributed by atoms with Crippen molar-refractivity contribution in [3.8, 4) is 11.5 Å². The number of ether oxygens (including phenoxy) is 2. The molecule has 0 saturated heterocycles. The van der Waals surface area contributed by atoms with Gasteiger partial charge in [-0.1, -0.05) is 140 Å². The summed E-state index contributed by atoms with van der Waals surface area (Å²) in [5, 5.41) is -2.09. The van der Waals surface area contributed by atoms with Crippen LogP contribution in [0.25, 0.3) is 0 Å². The Labute approximate surface area is 265 Å². The fraction of sp³-hybridized carbons (Fsp3) is 0.611. The number of unbranched alkanes of at least 4 members (excludes halogenated alkanes) is 14. The molecule has 7 nitrogen and oxygen atoms in total. The van der Waals surface area contributed by atoms with Crippen LogP contribution in [0.5, 0.6) is 11.5 Å². The lowest BCUT2D eigenvalue weighted by atomic mass is 10.0. The van der Waals surface area contributed by atoms with Crippen molar-refractivity contribution >= 4 is 22.1 Å². The van der Waals surface area contributed by atoms with Gasteiger partial charge < -0.3 is 9.47 Å². The first-order valence-electron chi connectivity index (χ1n) is 16.8. The number of hydrogen-bond donors (Lipinski definition) is 1. The quantitative estimate of drug-likeness (QED) is 0.0533. The molecule has 0 fully saturated rings. The van der Waals surface area contributed by atoms with Gasteiger partial charge in [0.2, 0.25) is 0 Å². The van der Waals surface area contributed by atoms with E-state index in [2.05, 4.69) is 13.8 Å². The van der Waals surface area contributed by atoms with Crippen LogP contribution in [0.4, 0.5) is 0 Å². The van der Waals surface area contributed by atoms with Crippen molar-refractivity contribution < 1.29 is 32.0 Å². The minimum Gasteiger partial charge on any atom is -0.426 e. The molecule has 0 spiro atoms. The molecule has 246 valence electrons. The fourth-order valence-corrected chi connectivity index (χ4v) is 5.96. The Morgan fingerprint density at radius 3 is 1.43 bits per heavy atom. The van der Waals surface area contributed by atoms with Crippen molar-refractivity contribution in [3.63, 3.8) is 0 Å². The molecule has 2 aromatic carbocycles. The highest BCUT2D eigenvalue weighted by Crippen LogP contribution is 2.25. The van der Waals surface area contributed by atoms with E-state index < -0.39 is 33.7 Å². The van der Waals surface area contributed by atoms with Crippen LogP contribution in [0.3, 0.4) is 0 Å². The van der Waals surface area contributed by atoms with E-state index in [0.29, 0.717) is 12.2 Å². The molecule has 8 heteroatoms. The topological polar surface area (TPSA) is 107 Å². The second kappa shape index (κ2) is 21.9. The van der Waals surface area contributed by atoms with Gasteiger partial charge in [-0.15, -0.1) is 0 Å². The van der Waals surface area contributed by atoms with Gasteiger partial charge in [0.1, 0.15) is 11.5 Å². The number of rotatable bonds is 24. The monoisotopic (exact) mass is 630 g/mol. The number of carbonyl (C=O) groups is 2. The largest absolute Gasteiger partial charge is 0.426 e. The molecule has 0 aliphatic carbocycles. The zero-order chi connectivity index (χ0) is 32.0. The lowest BCUT2D eigenvalue weighted by Crippen LogP contribution is -2.36. The number of carbonyl (C=O) groups excluding carboxylic acids is 2. The summed E-state index contributed by atoms with van der Waals surface area (Å²) >= 11 is 0. The van der Waals surface area contributed by atoms with Gasteiger partial charge in [-0.25, -0.2) is 0 Å². The van der Waals surface area contributed by atoms with Gasteiger partial charge >= 0.3 is 11.9 Å². The van der Waals surface area contributed by atoms with E-state index in [1.165, 1.54) is 64.2 Å². The molecule has 1 N–H and O–H groups in total. The first kappa shape index (κ1) is 37.5. The zero-order valence-corrected chi connectivity index (χ0v) is 27.8. The molecule has 0 heterocycles. The molecule has 2 aromatic rings. The number of benzene rings is 2. The van der Waals surface area contributed by atoms with E-state index in [4.69, 9.17) is 9.47 Å². The van der Waals surface area contributed by atoms with Gasteiger partial charge in [0, 0.05) is 0 Å². The maximum atomic E-state index is 13.0. The molecule has 1 unspecified atom stereocenters. The Morgan fingerprint density at radius 2 is 1.00 bits per heavy atom. The lowest BCUT2D eigenvalue weighted by Gasteiger charge is -2.16. The second-order valence-electron chi connectivity index (χ2n) is 11.8. The van der Waals surface area contributed by atoms with Crippen molar-refractivity contribution in [1.29, 1.82) is 0 Å². The minimum atomic E-state index is -4.93. The summed E-state index contributed by atoms with van der Waals surface area (Å²) in [5.41, 5.74) is 1.62. The van der Waals surface area contributed by atoms with E-state index in [0.717, 1.165) is 56.1 Å². The van der Waals surface area contributed by atoms with Crippen LogP contribution in [-0.2, 0) is 32.5 Å². The Bertz CT molecular complexity index is 1210. The van der Waals surface area contributed by atoms with Crippen LogP contribution in [0.1, 0.15) is 134 Å². The predicted molar refractivity (Wildman–Crippen MR) is 177 cm³/mol. The third-order valence-electron chi connectivity index (χ3n) is 7.95. The molecule has 0 saturated carbocycles. The fourth-order valence-electron chi connectivity index (χ4n) is 5.32. The van der Waals surface area contributed by atoms with Crippen molar-refractivity contribution in [2.24, 2.45) is 0 Å². The molecular weight excluding hydrogens is 576 g/mol. The van der Waals surface area contributed by atoms with Crippen LogP contribution in [0.2, 0.25) is 0 Å². The zero-order valence-electron chi connectivity index (χ0n) is 26.9. The molecule has 0 radical (unpaired) electrons. The molecule has 1 atom stereocenters. The molecule has 44 heavy (non-hydrogen) atoms. The van der Waals surface area contributed by atoms with Gasteiger partial charge in [-0.2, -0.15) is 8.42 Å². The van der Waals surface area contributed by atoms with Gasteiger partial charge in [0.25, 0.3) is 10.1 Å². The third-order valence-corrected chi connectivity index (χ3v) is 9.03.